The molecule has 0 atom stereocenters. The van der Waals surface area contributed by atoms with Gasteiger partial charge >= 0.3 is 20.2 Å². The Hall–Kier alpha value is -4.89. The van der Waals surface area contributed by atoms with Crippen LogP contribution in [0, 0.1) is 13.8 Å². The molecule has 0 amide bonds. The molecule has 7 aromatic rings. The summed E-state index contributed by atoms with van der Waals surface area (Å²) in [5.74, 6) is -0.680. The lowest BCUT2D eigenvalue weighted by Gasteiger charge is -2.22. The first kappa shape index (κ1) is 50.0. The van der Waals surface area contributed by atoms with E-state index < -0.39 is 36.1 Å². The van der Waals surface area contributed by atoms with E-state index in [0.29, 0.717) is 90.5 Å². The maximum atomic E-state index is 12.0. The summed E-state index contributed by atoms with van der Waals surface area (Å²) in [6.07, 6.45) is 0. The van der Waals surface area contributed by atoms with E-state index in [4.69, 9.17) is 4.98 Å². The number of anilines is 6. The van der Waals surface area contributed by atoms with E-state index in [1.807, 2.05) is 52.0 Å². The molecule has 0 aliphatic carbocycles. The van der Waals surface area contributed by atoms with E-state index in [1.54, 1.807) is 26.0 Å². The van der Waals surface area contributed by atoms with Crippen molar-refractivity contribution in [3.05, 3.63) is 47.5 Å². The molecule has 0 radical (unpaired) electrons. The predicted molar refractivity (Wildman–Crippen MR) is 266 cm³/mol. The number of thioether (sulfide) groups is 1. The zero-order valence-electron chi connectivity index (χ0n) is 36.2. The lowest BCUT2D eigenvalue weighted by molar-refractivity contribution is 0.483. The van der Waals surface area contributed by atoms with Crippen molar-refractivity contribution < 1.29 is 38.9 Å². The molecule has 0 spiro atoms. The molecule has 0 aliphatic heterocycles. The van der Waals surface area contributed by atoms with Crippen molar-refractivity contribution in [1.29, 1.82) is 0 Å². The topological polar surface area (TPSA) is 308 Å². The van der Waals surface area contributed by atoms with Gasteiger partial charge in [0.15, 0.2) is 23.6 Å². The Morgan fingerprint density at radius 2 is 1.04 bits per heavy atom. The Morgan fingerprint density at radius 1 is 0.627 bits per heavy atom. The molecule has 0 unspecified atom stereocenters. The third kappa shape index (κ3) is 11.5. The van der Waals surface area contributed by atoms with E-state index in [-0.39, 0.29) is 31.2 Å². The van der Waals surface area contributed by atoms with Crippen LogP contribution in [0.2, 0.25) is 0 Å². The average molecular weight is 1070 g/mol. The molecule has 5 N–H and O–H groups in total. The summed E-state index contributed by atoms with van der Waals surface area (Å²) < 4.78 is 109. The van der Waals surface area contributed by atoms with Gasteiger partial charge < -0.3 is 20.4 Å². The summed E-state index contributed by atoms with van der Waals surface area (Å²) in [6.45, 7) is 13.8. The molecule has 0 saturated carbocycles. The van der Waals surface area contributed by atoms with Gasteiger partial charge in [-0.1, -0.05) is 34.4 Å². The first-order chi connectivity index (χ1) is 31.7. The highest BCUT2D eigenvalue weighted by molar-refractivity contribution is 8.00. The second-order valence-electron chi connectivity index (χ2n) is 14.1. The van der Waals surface area contributed by atoms with Crippen LogP contribution in [0.1, 0.15) is 38.8 Å². The van der Waals surface area contributed by atoms with Crippen molar-refractivity contribution in [3.63, 3.8) is 0 Å². The molecule has 0 saturated heterocycles. The van der Waals surface area contributed by atoms with Crippen LogP contribution in [-0.2, 0) is 30.4 Å². The summed E-state index contributed by atoms with van der Waals surface area (Å²) >= 11 is 4.64. The van der Waals surface area contributed by atoms with Gasteiger partial charge in [-0.05, 0) is 112 Å². The number of hydrogen-bond donors (Lipinski definition) is 5. The fourth-order valence-electron chi connectivity index (χ4n) is 6.68. The molecule has 30 heteroatoms. The number of azo groups is 2. The standard InChI is InChI=1S/C37H41N13O9S8/c1-7-49(8-2)21-11-13-23(43-45-29-27-19(5)33(66(54,55)56)61-31(27)47-63-29)25(17-21)38-35-40-36(42-37(41-35)60-15-16-65(51,52)53)39-26-18-22(50(9-3)10-4)12-14-24(26)44-46-30-28-20(6)34(67(57,58)59)62-32(28)48-64-30/h11-14,17-18H,7-10,15-16H2,1-6H3,(H,51,52,53)(H,54,55,56)(H,57,58,59)(H2,38,39,40,41,42)/b45-43+,46-44+. The van der Waals surface area contributed by atoms with Gasteiger partial charge in [-0.15, -0.1) is 20.5 Å². The summed E-state index contributed by atoms with van der Waals surface area (Å²) in [6, 6.07) is 10.8. The van der Waals surface area contributed by atoms with E-state index in [2.05, 4.69) is 59.6 Å². The lowest BCUT2D eigenvalue weighted by atomic mass is 10.2. The Labute approximate surface area is 405 Å². The van der Waals surface area contributed by atoms with Gasteiger partial charge in [0.1, 0.15) is 21.0 Å². The summed E-state index contributed by atoms with van der Waals surface area (Å²) in [5.41, 5.74) is 3.68. The minimum Gasteiger partial charge on any atom is -0.372 e. The normalized spacial score (nSPS) is 12.6. The smallest absolute Gasteiger partial charge is 0.304 e. The molecular formula is C37H41N13O9S8. The van der Waals surface area contributed by atoms with Gasteiger partial charge in [-0.3, -0.25) is 13.7 Å². The van der Waals surface area contributed by atoms with Gasteiger partial charge in [0.2, 0.25) is 11.9 Å². The number of hydrogen-bond acceptors (Lipinski definition) is 24. The predicted octanol–water partition coefficient (Wildman–Crippen LogP) is 10.3. The van der Waals surface area contributed by atoms with Gasteiger partial charge in [0.25, 0.3) is 10.1 Å². The lowest BCUT2D eigenvalue weighted by Crippen LogP contribution is -2.21. The zero-order chi connectivity index (χ0) is 48.4. The molecule has 356 valence electrons. The van der Waals surface area contributed by atoms with Crippen molar-refractivity contribution in [2.45, 2.75) is 55.1 Å². The number of nitrogens with one attached hydrogen (secondary N) is 2. The monoisotopic (exact) mass is 1070 g/mol. The Kier molecular flexibility index (Phi) is 15.2. The Morgan fingerprint density at radius 3 is 1.42 bits per heavy atom. The highest BCUT2D eigenvalue weighted by Gasteiger charge is 2.25. The third-order valence-corrected chi connectivity index (χ3v) is 18.7. The Bertz CT molecular complexity index is 3180. The molecule has 0 bridgehead atoms. The van der Waals surface area contributed by atoms with E-state index in [9.17, 15) is 38.9 Å². The third-order valence-electron chi connectivity index (χ3n) is 9.89. The van der Waals surface area contributed by atoms with Gasteiger partial charge in [-0.2, -0.15) is 49.0 Å². The van der Waals surface area contributed by atoms with E-state index in [0.717, 1.165) is 68.9 Å². The molecule has 7 rings (SSSR count). The molecule has 0 fully saturated rings. The van der Waals surface area contributed by atoms with Crippen molar-refractivity contribution in [2.75, 3.05) is 58.1 Å². The van der Waals surface area contributed by atoms with Crippen LogP contribution in [0.3, 0.4) is 0 Å². The van der Waals surface area contributed by atoms with Crippen LogP contribution >= 0.6 is 57.5 Å². The Balaban J connectivity index is 1.30. The average Bonchev–Trinajstić information content (AvgIpc) is 4.03. The minimum absolute atomic E-state index is 0.00403. The fraction of sp³-hybridized carbons (Fsp3) is 0.324. The van der Waals surface area contributed by atoms with E-state index in [1.165, 1.54) is 0 Å². The number of aryl methyl sites for hydroxylation is 2. The van der Waals surface area contributed by atoms with Crippen LogP contribution in [-0.4, -0.2) is 100 Å². The summed E-state index contributed by atoms with van der Waals surface area (Å²) in [4.78, 5) is 18.8. The van der Waals surface area contributed by atoms with E-state index >= 15 is 0 Å². The number of aromatic nitrogens is 5. The number of benzene rings is 2. The maximum absolute atomic E-state index is 12.0. The second kappa shape index (κ2) is 20.4. The van der Waals surface area contributed by atoms with Gasteiger partial charge in [0.05, 0.1) is 27.9 Å². The number of rotatable bonds is 20. The second-order valence-corrected chi connectivity index (χ2v) is 23.5. The highest BCUT2D eigenvalue weighted by atomic mass is 32.3. The van der Waals surface area contributed by atoms with Crippen LogP contribution in [0.4, 0.5) is 56.0 Å². The molecule has 5 aromatic heterocycles. The van der Waals surface area contributed by atoms with Crippen molar-refractivity contribution >= 4 is 164 Å². The first-order valence-electron chi connectivity index (χ1n) is 19.9. The van der Waals surface area contributed by atoms with Crippen LogP contribution in [0.15, 0.2) is 70.4 Å². The SMILES string of the molecule is CCN(CC)c1ccc(/N=N/c2snc3sc(S(=O)(=O)O)c(C)c23)c(Nc2nc(Nc3cc(N(CC)CC)ccc3/N=N/c3snc4sc(S(=O)(=O)O)c(C)c34)nc(SCCS(=O)(=O)O)n2)c1. The minimum atomic E-state index is -4.49. The quantitative estimate of drug-likeness (QED) is 0.0269. The molecule has 5 heterocycles. The van der Waals surface area contributed by atoms with Crippen LogP contribution < -0.4 is 20.4 Å². The van der Waals surface area contributed by atoms with Crippen molar-refractivity contribution in [1.82, 2.24) is 23.7 Å². The zero-order valence-corrected chi connectivity index (χ0v) is 42.7. The van der Waals surface area contributed by atoms with Gasteiger partial charge in [0, 0.05) is 43.3 Å². The van der Waals surface area contributed by atoms with Crippen molar-refractivity contribution in [3.8, 4) is 0 Å². The fourth-order valence-corrected chi connectivity index (χ4v) is 14.2. The number of fused-ring (bicyclic) bond motifs is 2. The number of thiophene rings is 2. The molecule has 67 heavy (non-hydrogen) atoms. The summed E-state index contributed by atoms with van der Waals surface area (Å²) in [5, 5.41) is 26.0. The first-order valence-corrected chi connectivity index (χ1v) is 28.6. The molecule has 0 aliphatic rings. The molecular weight excluding hydrogens is 1030 g/mol. The maximum Gasteiger partial charge on any atom is 0.304 e. The van der Waals surface area contributed by atoms with Crippen LogP contribution in [0.25, 0.3) is 20.4 Å². The summed E-state index contributed by atoms with van der Waals surface area (Å²) in [7, 11) is -13.3. The highest BCUT2D eigenvalue weighted by Crippen LogP contribution is 2.45. The number of nitrogens with zero attached hydrogens (tertiary/aromatic N) is 11. The molecule has 2 aromatic carbocycles. The largest absolute Gasteiger partial charge is 0.372 e. The van der Waals surface area contributed by atoms with Crippen molar-refractivity contribution in [2.24, 2.45) is 20.5 Å². The van der Waals surface area contributed by atoms with Gasteiger partial charge in [-0.25, -0.2) is 0 Å². The molecule has 22 nitrogen and oxygen atoms in total. The van der Waals surface area contributed by atoms with Crippen LogP contribution in [0.5, 0.6) is 0 Å².